The average Bonchev–Trinajstić information content (AvgIpc) is 3.35. The van der Waals surface area contributed by atoms with Crippen molar-refractivity contribution in [1.82, 2.24) is 0 Å². The van der Waals surface area contributed by atoms with Crippen LogP contribution in [0.3, 0.4) is 0 Å². The van der Waals surface area contributed by atoms with Gasteiger partial charge in [0.1, 0.15) is 0 Å². The Morgan fingerprint density at radius 1 is 0.488 bits per heavy atom. The lowest BCUT2D eigenvalue weighted by molar-refractivity contribution is 0.666. The smallest absolute Gasteiger partial charge is 0.0622 e. The van der Waals surface area contributed by atoms with E-state index >= 15 is 0 Å². The zero-order chi connectivity index (χ0) is 33.1. The summed E-state index contributed by atoms with van der Waals surface area (Å²) in [6.45, 7) is 4.64. The number of fused-ring (bicyclic) bond motifs is 9. The third-order valence-corrected chi connectivity index (χ3v) is 9.49. The van der Waals surface area contributed by atoms with E-state index in [2.05, 4.69) is 98.8 Å². The molecule has 0 fully saturated rings. The highest BCUT2D eigenvalue weighted by Crippen LogP contribution is 2.53. The second-order valence-electron chi connectivity index (χ2n) is 12.1. The van der Waals surface area contributed by atoms with Gasteiger partial charge in [-0.2, -0.15) is 0 Å². The Labute approximate surface area is 258 Å². The molecule has 0 N–H and O–H groups in total. The largest absolute Gasteiger partial charge is 0.0629 e. The number of benzene rings is 8. The molecule has 0 aliphatic heterocycles. The molecular weight excluding hydrogens is 516 g/mol. The Hall–Kier alpha value is -5.20. The molecule has 8 aromatic rings. The Kier molecular flexibility index (Phi) is 4.11. The molecule has 0 heterocycles. The van der Waals surface area contributed by atoms with Crippen LogP contribution in [-0.2, 0) is 5.41 Å². The summed E-state index contributed by atoms with van der Waals surface area (Å²) in [6.07, 6.45) is 0. The first-order valence-corrected chi connectivity index (χ1v) is 14.8. The fourth-order valence-corrected chi connectivity index (χ4v) is 7.65. The minimum absolute atomic E-state index is 0.197. The molecule has 202 valence electrons. The van der Waals surface area contributed by atoms with Crippen LogP contribution < -0.4 is 0 Å². The molecule has 0 nitrogen and oxygen atoms in total. The first kappa shape index (κ1) is 19.8. The molecule has 9 rings (SSSR count). The summed E-state index contributed by atoms with van der Waals surface area (Å²) in [6, 6.07) is 39.0. The molecular formula is C43H30. The predicted octanol–water partition coefficient (Wildman–Crippen LogP) is 11.9. The predicted molar refractivity (Wildman–Crippen MR) is 185 cm³/mol. The molecule has 0 spiro atoms. The highest BCUT2D eigenvalue weighted by atomic mass is 14.4. The zero-order valence-electron chi connectivity index (χ0n) is 29.0. The van der Waals surface area contributed by atoms with Crippen LogP contribution in [0.5, 0.6) is 0 Å². The molecule has 0 saturated heterocycles. The van der Waals surface area contributed by atoms with Gasteiger partial charge < -0.3 is 0 Å². The lowest BCUT2D eigenvalue weighted by atomic mass is 9.78. The van der Waals surface area contributed by atoms with E-state index in [0.29, 0.717) is 5.56 Å². The average molecular weight is 552 g/mol. The van der Waals surface area contributed by atoms with E-state index in [0.717, 1.165) is 43.4 Å². The second kappa shape index (κ2) is 8.90. The van der Waals surface area contributed by atoms with Crippen LogP contribution in [0.2, 0.25) is 0 Å². The zero-order valence-corrected chi connectivity index (χ0v) is 24.0. The maximum Gasteiger partial charge on any atom is 0.0629 e. The van der Waals surface area contributed by atoms with E-state index in [9.17, 15) is 0 Å². The number of hydrogen-bond donors (Lipinski definition) is 0. The Morgan fingerprint density at radius 3 is 1.86 bits per heavy atom. The van der Waals surface area contributed by atoms with Gasteiger partial charge in [-0.25, -0.2) is 0 Å². The van der Waals surface area contributed by atoms with Crippen LogP contribution in [0, 0.1) is 0 Å². The first-order valence-electron chi connectivity index (χ1n) is 17.3. The number of rotatable bonds is 2. The van der Waals surface area contributed by atoms with Gasteiger partial charge in [0, 0.05) is 5.41 Å². The summed E-state index contributed by atoms with van der Waals surface area (Å²) < 4.78 is 43.3. The van der Waals surface area contributed by atoms with E-state index in [1.54, 1.807) is 0 Å². The van der Waals surface area contributed by atoms with Crippen LogP contribution in [-0.4, -0.2) is 0 Å². The fraction of sp³-hybridized carbons (Fsp3) is 0.0698. The van der Waals surface area contributed by atoms with Gasteiger partial charge in [0.25, 0.3) is 0 Å². The summed E-state index contributed by atoms with van der Waals surface area (Å²) in [5.74, 6) is 0. The van der Waals surface area contributed by atoms with E-state index < -0.39 is 0 Å². The van der Waals surface area contributed by atoms with Gasteiger partial charge in [0.15, 0.2) is 0 Å². The van der Waals surface area contributed by atoms with Gasteiger partial charge >= 0.3 is 0 Å². The Bertz CT molecular complexity index is 2670. The molecule has 0 radical (unpaired) electrons. The van der Waals surface area contributed by atoms with Crippen LogP contribution in [0.1, 0.15) is 31.8 Å². The fourth-order valence-electron chi connectivity index (χ4n) is 7.65. The molecule has 0 heteroatoms. The quantitative estimate of drug-likeness (QED) is 0.148. The highest BCUT2D eigenvalue weighted by molar-refractivity contribution is 6.28. The molecule has 1 aliphatic carbocycles. The van der Waals surface area contributed by atoms with Gasteiger partial charge in [-0.15, -0.1) is 0 Å². The van der Waals surface area contributed by atoms with Crippen molar-refractivity contribution >= 4 is 43.1 Å². The summed E-state index contributed by atoms with van der Waals surface area (Å²) in [5.41, 5.74) is 7.97. The van der Waals surface area contributed by atoms with Crippen LogP contribution in [0.25, 0.3) is 76.5 Å². The SMILES string of the molecule is [2H]c1c([2H])c([2H])c(-c2c3ccccc3c(-c3ccc4c(c3)C(C)(C)c3c-4ccc4ccccc34)c3c2ccc2ccccc23)c([2H])c1[2H]. The van der Waals surface area contributed by atoms with Crippen LogP contribution in [0.4, 0.5) is 0 Å². The monoisotopic (exact) mass is 551 g/mol. The summed E-state index contributed by atoms with van der Waals surface area (Å²) in [4.78, 5) is 0. The van der Waals surface area contributed by atoms with Crippen LogP contribution in [0.15, 0.2) is 145 Å². The Balaban J connectivity index is 1.43. The molecule has 0 atom stereocenters. The van der Waals surface area contributed by atoms with E-state index in [-0.39, 0.29) is 41.2 Å². The van der Waals surface area contributed by atoms with Crippen molar-refractivity contribution in [2.45, 2.75) is 19.3 Å². The molecule has 0 unspecified atom stereocenters. The third kappa shape index (κ3) is 3.38. The molecule has 43 heavy (non-hydrogen) atoms. The molecule has 0 bridgehead atoms. The van der Waals surface area contributed by atoms with Crippen molar-refractivity contribution in [3.05, 3.63) is 157 Å². The van der Waals surface area contributed by atoms with Crippen molar-refractivity contribution in [1.29, 1.82) is 0 Å². The van der Waals surface area contributed by atoms with Crippen LogP contribution >= 0.6 is 0 Å². The van der Waals surface area contributed by atoms with Crippen molar-refractivity contribution in [3.63, 3.8) is 0 Å². The van der Waals surface area contributed by atoms with Gasteiger partial charge in [0.2, 0.25) is 0 Å². The van der Waals surface area contributed by atoms with Crippen molar-refractivity contribution < 1.29 is 6.85 Å². The van der Waals surface area contributed by atoms with Gasteiger partial charge in [-0.1, -0.05) is 153 Å². The summed E-state index contributed by atoms with van der Waals surface area (Å²) >= 11 is 0. The van der Waals surface area contributed by atoms with Gasteiger partial charge in [-0.3, -0.25) is 0 Å². The van der Waals surface area contributed by atoms with E-state index in [1.165, 1.54) is 33.0 Å². The van der Waals surface area contributed by atoms with Crippen molar-refractivity contribution in [3.8, 4) is 33.4 Å². The molecule has 1 aliphatic rings. The normalized spacial score (nSPS) is 15.2. The van der Waals surface area contributed by atoms with Gasteiger partial charge in [0.05, 0.1) is 6.85 Å². The van der Waals surface area contributed by atoms with Crippen molar-refractivity contribution in [2.75, 3.05) is 0 Å². The highest BCUT2D eigenvalue weighted by Gasteiger charge is 2.37. The summed E-state index contributed by atoms with van der Waals surface area (Å²) in [7, 11) is 0. The number of hydrogen-bond acceptors (Lipinski definition) is 0. The minimum atomic E-state index is -0.390. The third-order valence-electron chi connectivity index (χ3n) is 9.49. The van der Waals surface area contributed by atoms with E-state index in [4.69, 9.17) is 6.85 Å². The second-order valence-corrected chi connectivity index (χ2v) is 12.1. The van der Waals surface area contributed by atoms with E-state index in [1.807, 2.05) is 30.3 Å². The summed E-state index contributed by atoms with van der Waals surface area (Å²) in [5, 5.41) is 8.34. The molecule has 8 aromatic carbocycles. The lowest BCUT2D eigenvalue weighted by Gasteiger charge is -2.24. The lowest BCUT2D eigenvalue weighted by Crippen LogP contribution is -2.15. The molecule has 0 aromatic heterocycles. The van der Waals surface area contributed by atoms with Gasteiger partial charge in [-0.05, 0) is 93.7 Å². The maximum atomic E-state index is 8.98. The topological polar surface area (TPSA) is 0 Å². The Morgan fingerprint density at radius 2 is 1.09 bits per heavy atom. The molecule has 0 saturated carbocycles. The standard InChI is InChI=1S/C43H30/c1-43(2)38-26-30(22-23-33(38)36-24-20-28-13-7-9-17-32(28)42(36)43)40-35-19-11-10-18-34(35)39(29-14-4-3-5-15-29)37-25-21-27-12-6-8-16-31(27)41(37)40/h3-26H,1-2H3/i3D,4D,5D,14D,15D. The minimum Gasteiger partial charge on any atom is -0.0622 e. The van der Waals surface area contributed by atoms with Crippen molar-refractivity contribution in [2.24, 2.45) is 0 Å². The first-order chi connectivity index (χ1) is 23.2. The molecule has 0 amide bonds. The maximum absolute atomic E-state index is 8.98.